The third kappa shape index (κ3) is 5.09. The molecule has 1 N–H and O–H groups in total. The van der Waals surface area contributed by atoms with Gasteiger partial charge < -0.3 is 19.5 Å². The van der Waals surface area contributed by atoms with Crippen molar-refractivity contribution in [3.63, 3.8) is 0 Å². The van der Waals surface area contributed by atoms with Gasteiger partial charge in [-0.2, -0.15) is 0 Å². The van der Waals surface area contributed by atoms with Crippen LogP contribution in [-0.4, -0.2) is 32.8 Å². The molecule has 1 aromatic rings. The van der Waals surface area contributed by atoms with Crippen LogP contribution in [0, 0.1) is 0 Å². The van der Waals surface area contributed by atoms with E-state index in [4.69, 9.17) is 9.47 Å². The standard InChI is InChI=1S/C15H23NO4/c1-11(2)16-10-12-6-5-7-13(18-3)15(12)20-9-8-14(17)19-4/h5-7,11,16H,8-10H2,1-4H3. The van der Waals surface area contributed by atoms with Crippen LogP contribution in [0.2, 0.25) is 0 Å². The van der Waals surface area contributed by atoms with Gasteiger partial charge in [0, 0.05) is 18.2 Å². The first-order valence-electron chi connectivity index (χ1n) is 6.67. The number of para-hydroxylation sites is 1. The van der Waals surface area contributed by atoms with Crippen LogP contribution >= 0.6 is 0 Å². The number of carbonyl (C=O) groups excluding carboxylic acids is 1. The van der Waals surface area contributed by atoms with Crippen LogP contribution < -0.4 is 14.8 Å². The topological polar surface area (TPSA) is 56.8 Å². The smallest absolute Gasteiger partial charge is 0.308 e. The van der Waals surface area contributed by atoms with E-state index in [1.807, 2.05) is 18.2 Å². The summed E-state index contributed by atoms with van der Waals surface area (Å²) in [6.45, 7) is 5.11. The van der Waals surface area contributed by atoms with Gasteiger partial charge in [0.2, 0.25) is 0 Å². The molecular formula is C15H23NO4. The van der Waals surface area contributed by atoms with Crippen molar-refractivity contribution in [2.45, 2.75) is 32.9 Å². The first-order chi connectivity index (χ1) is 9.58. The van der Waals surface area contributed by atoms with Gasteiger partial charge in [0.15, 0.2) is 11.5 Å². The Labute approximate surface area is 120 Å². The van der Waals surface area contributed by atoms with Gasteiger partial charge in [-0.05, 0) is 6.07 Å². The van der Waals surface area contributed by atoms with E-state index in [1.165, 1.54) is 7.11 Å². The van der Waals surface area contributed by atoms with E-state index in [9.17, 15) is 4.79 Å². The number of rotatable bonds is 8. The molecule has 0 aliphatic rings. The predicted octanol–water partition coefficient (Wildman–Crippen LogP) is 2.14. The molecule has 0 amide bonds. The van der Waals surface area contributed by atoms with Crippen molar-refractivity contribution in [3.05, 3.63) is 23.8 Å². The van der Waals surface area contributed by atoms with E-state index >= 15 is 0 Å². The highest BCUT2D eigenvalue weighted by molar-refractivity contribution is 5.69. The second-order valence-electron chi connectivity index (χ2n) is 4.66. The highest BCUT2D eigenvalue weighted by atomic mass is 16.5. The Morgan fingerprint density at radius 3 is 2.65 bits per heavy atom. The molecule has 20 heavy (non-hydrogen) atoms. The summed E-state index contributed by atoms with van der Waals surface area (Å²) in [6, 6.07) is 6.12. The zero-order chi connectivity index (χ0) is 15.0. The van der Waals surface area contributed by atoms with Crippen molar-refractivity contribution in [2.24, 2.45) is 0 Å². The summed E-state index contributed by atoms with van der Waals surface area (Å²) in [4.78, 5) is 11.1. The highest BCUT2D eigenvalue weighted by Crippen LogP contribution is 2.31. The fourth-order valence-corrected chi connectivity index (χ4v) is 1.68. The van der Waals surface area contributed by atoms with Gasteiger partial charge in [-0.25, -0.2) is 0 Å². The number of hydrogen-bond donors (Lipinski definition) is 1. The van der Waals surface area contributed by atoms with Crippen molar-refractivity contribution < 1.29 is 19.0 Å². The van der Waals surface area contributed by atoms with Gasteiger partial charge >= 0.3 is 5.97 Å². The predicted molar refractivity (Wildman–Crippen MR) is 77.1 cm³/mol. The van der Waals surface area contributed by atoms with E-state index in [-0.39, 0.29) is 19.0 Å². The Bertz CT molecular complexity index is 432. The Hall–Kier alpha value is -1.75. The minimum Gasteiger partial charge on any atom is -0.493 e. The van der Waals surface area contributed by atoms with E-state index in [0.717, 1.165) is 5.56 Å². The summed E-state index contributed by atoms with van der Waals surface area (Å²) < 4.78 is 15.6. The van der Waals surface area contributed by atoms with E-state index < -0.39 is 0 Å². The van der Waals surface area contributed by atoms with Crippen LogP contribution in [0.15, 0.2) is 18.2 Å². The second-order valence-corrected chi connectivity index (χ2v) is 4.66. The van der Waals surface area contributed by atoms with Gasteiger partial charge in [-0.3, -0.25) is 4.79 Å². The van der Waals surface area contributed by atoms with Crippen LogP contribution in [0.1, 0.15) is 25.8 Å². The maximum atomic E-state index is 11.1. The molecule has 1 aromatic carbocycles. The number of methoxy groups -OCH3 is 2. The fraction of sp³-hybridized carbons (Fsp3) is 0.533. The minimum atomic E-state index is -0.290. The normalized spacial score (nSPS) is 10.4. The first-order valence-corrected chi connectivity index (χ1v) is 6.67. The van der Waals surface area contributed by atoms with Gasteiger partial charge in [0.25, 0.3) is 0 Å². The fourth-order valence-electron chi connectivity index (χ4n) is 1.68. The number of esters is 1. The summed E-state index contributed by atoms with van der Waals surface area (Å²) >= 11 is 0. The summed E-state index contributed by atoms with van der Waals surface area (Å²) in [7, 11) is 2.96. The van der Waals surface area contributed by atoms with Crippen LogP contribution in [0.25, 0.3) is 0 Å². The van der Waals surface area contributed by atoms with E-state index in [0.29, 0.717) is 24.1 Å². The molecule has 5 nitrogen and oxygen atoms in total. The van der Waals surface area contributed by atoms with Crippen LogP contribution in [0.5, 0.6) is 11.5 Å². The maximum Gasteiger partial charge on any atom is 0.308 e. The van der Waals surface area contributed by atoms with Crippen molar-refractivity contribution >= 4 is 5.97 Å². The lowest BCUT2D eigenvalue weighted by molar-refractivity contribution is -0.141. The van der Waals surface area contributed by atoms with Crippen molar-refractivity contribution in [2.75, 3.05) is 20.8 Å². The number of nitrogens with one attached hydrogen (secondary N) is 1. The summed E-state index contributed by atoms with van der Waals surface area (Å²) in [6.07, 6.45) is 0.214. The summed E-state index contributed by atoms with van der Waals surface area (Å²) in [5.74, 6) is 1.05. The van der Waals surface area contributed by atoms with Crippen molar-refractivity contribution in [3.8, 4) is 11.5 Å². The quantitative estimate of drug-likeness (QED) is 0.740. The molecule has 1 rings (SSSR count). The number of hydrogen-bond acceptors (Lipinski definition) is 5. The molecule has 0 heterocycles. The molecule has 112 valence electrons. The Morgan fingerprint density at radius 1 is 1.30 bits per heavy atom. The first kappa shape index (κ1) is 16.3. The molecule has 5 heteroatoms. The van der Waals surface area contributed by atoms with Gasteiger partial charge in [-0.1, -0.05) is 26.0 Å². The Morgan fingerprint density at radius 2 is 2.05 bits per heavy atom. The third-order valence-electron chi connectivity index (χ3n) is 2.76. The molecule has 0 radical (unpaired) electrons. The molecule has 0 bridgehead atoms. The molecule has 0 aliphatic carbocycles. The van der Waals surface area contributed by atoms with Gasteiger partial charge in [0.1, 0.15) is 0 Å². The van der Waals surface area contributed by atoms with E-state index in [1.54, 1.807) is 7.11 Å². The van der Waals surface area contributed by atoms with Crippen LogP contribution in [-0.2, 0) is 16.1 Å². The lowest BCUT2D eigenvalue weighted by Crippen LogP contribution is -2.22. The molecule has 0 atom stereocenters. The Kier molecular flexibility index (Phi) is 6.87. The lowest BCUT2D eigenvalue weighted by atomic mass is 10.1. The average molecular weight is 281 g/mol. The maximum absolute atomic E-state index is 11.1. The molecule has 0 spiro atoms. The average Bonchev–Trinajstić information content (AvgIpc) is 2.45. The number of ether oxygens (including phenoxy) is 3. The monoisotopic (exact) mass is 281 g/mol. The van der Waals surface area contributed by atoms with Crippen LogP contribution in [0.3, 0.4) is 0 Å². The second kappa shape index (κ2) is 8.43. The zero-order valence-electron chi connectivity index (χ0n) is 12.6. The zero-order valence-corrected chi connectivity index (χ0v) is 12.6. The molecule has 0 saturated carbocycles. The number of carbonyl (C=O) groups is 1. The third-order valence-corrected chi connectivity index (χ3v) is 2.76. The molecule has 0 aliphatic heterocycles. The molecular weight excluding hydrogens is 258 g/mol. The highest BCUT2D eigenvalue weighted by Gasteiger charge is 2.11. The number of benzene rings is 1. The lowest BCUT2D eigenvalue weighted by Gasteiger charge is -2.16. The summed E-state index contributed by atoms with van der Waals surface area (Å²) in [5, 5.41) is 3.34. The molecule has 0 saturated heterocycles. The SMILES string of the molecule is COC(=O)CCOc1c(CNC(C)C)cccc1OC. The van der Waals surface area contributed by atoms with Crippen LogP contribution in [0.4, 0.5) is 0 Å². The van der Waals surface area contributed by atoms with Crippen molar-refractivity contribution in [1.82, 2.24) is 5.32 Å². The van der Waals surface area contributed by atoms with Crippen molar-refractivity contribution in [1.29, 1.82) is 0 Å². The minimum absolute atomic E-state index is 0.214. The van der Waals surface area contributed by atoms with Gasteiger partial charge in [0.05, 0.1) is 27.2 Å². The Balaban J connectivity index is 2.75. The largest absolute Gasteiger partial charge is 0.493 e. The van der Waals surface area contributed by atoms with Gasteiger partial charge in [-0.15, -0.1) is 0 Å². The molecule has 0 aromatic heterocycles. The molecule has 0 fully saturated rings. The molecule has 0 unspecified atom stereocenters. The van der Waals surface area contributed by atoms with E-state index in [2.05, 4.69) is 23.9 Å². The summed E-state index contributed by atoms with van der Waals surface area (Å²) in [5.41, 5.74) is 1.00.